The third-order valence-electron chi connectivity index (χ3n) is 10.3. The van der Waals surface area contributed by atoms with Crippen molar-refractivity contribution in [2.24, 2.45) is 17.3 Å². The molecule has 0 radical (unpaired) electrons. The molecular formula is C34H40FN11O2S. The minimum absolute atomic E-state index is 0.147. The molecule has 8 rings (SSSR count). The first-order chi connectivity index (χ1) is 23.7. The van der Waals surface area contributed by atoms with Crippen molar-refractivity contribution in [2.75, 3.05) is 41.7 Å². The van der Waals surface area contributed by atoms with Gasteiger partial charge in [-0.1, -0.05) is 25.2 Å². The molecule has 256 valence electrons. The van der Waals surface area contributed by atoms with E-state index in [1.807, 2.05) is 0 Å². The van der Waals surface area contributed by atoms with Crippen molar-refractivity contribution in [3.05, 3.63) is 48.6 Å². The molecule has 49 heavy (non-hydrogen) atoms. The van der Waals surface area contributed by atoms with Gasteiger partial charge in [0.1, 0.15) is 24.2 Å². The van der Waals surface area contributed by atoms with E-state index in [1.165, 1.54) is 36.7 Å². The summed E-state index contributed by atoms with van der Waals surface area (Å²) >= 11 is 1.37. The van der Waals surface area contributed by atoms with Crippen LogP contribution < -0.4 is 20.3 Å². The molecule has 3 aromatic heterocycles. The number of carbonyl (C=O) groups is 1. The van der Waals surface area contributed by atoms with Gasteiger partial charge in [-0.15, -0.1) is 20.4 Å². The van der Waals surface area contributed by atoms with Crippen LogP contribution in [0, 0.1) is 23.1 Å². The summed E-state index contributed by atoms with van der Waals surface area (Å²) < 4.78 is 21.0. The largest absolute Gasteiger partial charge is 0.434 e. The molecule has 5 heterocycles. The van der Waals surface area contributed by atoms with E-state index in [-0.39, 0.29) is 17.1 Å². The van der Waals surface area contributed by atoms with Crippen LogP contribution in [0.5, 0.6) is 11.6 Å². The van der Waals surface area contributed by atoms with Crippen LogP contribution in [0.4, 0.5) is 20.5 Å². The summed E-state index contributed by atoms with van der Waals surface area (Å²) in [5.41, 5.74) is 2.47. The van der Waals surface area contributed by atoms with Gasteiger partial charge in [0.15, 0.2) is 5.82 Å². The van der Waals surface area contributed by atoms with Crippen molar-refractivity contribution in [1.29, 1.82) is 0 Å². The molecule has 2 aliphatic carbocycles. The van der Waals surface area contributed by atoms with Gasteiger partial charge in [0.2, 0.25) is 16.2 Å². The minimum atomic E-state index is -0.357. The molecule has 1 aromatic carbocycles. The molecule has 4 aliphatic rings. The highest BCUT2D eigenvalue weighted by Crippen LogP contribution is 2.49. The molecule has 1 atom stereocenters. The Balaban J connectivity index is 0.916. The topological polar surface area (TPSA) is 147 Å². The maximum atomic E-state index is 14.6. The summed E-state index contributed by atoms with van der Waals surface area (Å²) in [6.45, 7) is 9.94. The lowest BCUT2D eigenvalue weighted by Gasteiger charge is -2.57. The lowest BCUT2D eigenvalue weighted by molar-refractivity contribution is -0.114. The summed E-state index contributed by atoms with van der Waals surface area (Å²) in [6.07, 6.45) is 10.1. The van der Waals surface area contributed by atoms with E-state index in [2.05, 4.69) is 69.6 Å². The van der Waals surface area contributed by atoms with E-state index in [0.29, 0.717) is 58.0 Å². The van der Waals surface area contributed by atoms with Gasteiger partial charge in [-0.2, -0.15) is 0 Å². The molecule has 2 aliphatic heterocycles. The Morgan fingerprint density at radius 1 is 1.06 bits per heavy atom. The summed E-state index contributed by atoms with van der Waals surface area (Å²) in [6, 6.07) is 5.37. The number of hydrogen-bond donors (Lipinski definition) is 2. The fourth-order valence-electron chi connectivity index (χ4n) is 8.06. The van der Waals surface area contributed by atoms with Crippen molar-refractivity contribution >= 4 is 33.3 Å². The van der Waals surface area contributed by atoms with E-state index >= 15 is 0 Å². The average Bonchev–Trinajstić information content (AvgIpc) is 3.65. The van der Waals surface area contributed by atoms with Gasteiger partial charge in [-0.25, -0.2) is 19.3 Å². The molecule has 15 heteroatoms. The Morgan fingerprint density at radius 3 is 2.65 bits per heavy atom. The minimum Gasteiger partial charge on any atom is -0.434 e. The van der Waals surface area contributed by atoms with Gasteiger partial charge < -0.3 is 20.3 Å². The van der Waals surface area contributed by atoms with Crippen LogP contribution >= 0.6 is 11.3 Å². The molecule has 0 unspecified atom stereocenters. The zero-order valence-electron chi connectivity index (χ0n) is 27.8. The van der Waals surface area contributed by atoms with Gasteiger partial charge in [-0.3, -0.25) is 9.69 Å². The predicted octanol–water partition coefficient (Wildman–Crippen LogP) is 5.37. The number of nitrogens with one attached hydrogen (secondary N) is 2. The quantitative estimate of drug-likeness (QED) is 0.209. The Kier molecular flexibility index (Phi) is 8.34. The van der Waals surface area contributed by atoms with Crippen LogP contribution in [0.15, 0.2) is 37.1 Å². The van der Waals surface area contributed by atoms with E-state index in [0.717, 1.165) is 74.7 Å². The third kappa shape index (κ3) is 6.53. The first kappa shape index (κ1) is 31.9. The SMILES string of the molecule is CC(=O)Nc1nnc(NC2CC([C@@H](C(C)C)N3CC4(CCN(c5ncnnc5Oc5ccc(F)cc5-c5cncnc5C5CC5)C4)C3)C2)s1. The molecule has 4 fully saturated rings. The van der Waals surface area contributed by atoms with E-state index in [1.54, 1.807) is 18.6 Å². The number of carbonyl (C=O) groups excluding carboxylic acids is 1. The van der Waals surface area contributed by atoms with Crippen molar-refractivity contribution < 1.29 is 13.9 Å². The number of benzene rings is 1. The predicted molar refractivity (Wildman–Crippen MR) is 183 cm³/mol. The zero-order chi connectivity index (χ0) is 33.7. The zero-order valence-corrected chi connectivity index (χ0v) is 28.7. The number of likely N-dealkylation sites (tertiary alicyclic amines) is 1. The fraction of sp³-hybridized carbons (Fsp3) is 0.529. The van der Waals surface area contributed by atoms with Crippen LogP contribution in [0.25, 0.3) is 11.1 Å². The number of ether oxygens (including phenoxy) is 1. The lowest BCUT2D eigenvalue weighted by atomic mass is 9.68. The number of amides is 1. The number of nitrogens with zero attached hydrogens (tertiary/aromatic N) is 9. The molecular weight excluding hydrogens is 646 g/mol. The lowest BCUT2D eigenvalue weighted by Crippen LogP contribution is -2.65. The summed E-state index contributed by atoms with van der Waals surface area (Å²) in [4.78, 5) is 29.6. The molecule has 13 nitrogen and oxygen atoms in total. The van der Waals surface area contributed by atoms with E-state index in [9.17, 15) is 9.18 Å². The normalized spacial score (nSPS) is 22.1. The van der Waals surface area contributed by atoms with Gasteiger partial charge >= 0.3 is 0 Å². The number of anilines is 3. The summed E-state index contributed by atoms with van der Waals surface area (Å²) in [5.74, 6) is 2.44. The van der Waals surface area contributed by atoms with Gasteiger partial charge in [-0.05, 0) is 62.1 Å². The van der Waals surface area contributed by atoms with E-state index < -0.39 is 0 Å². The van der Waals surface area contributed by atoms with Crippen LogP contribution in [0.3, 0.4) is 0 Å². The molecule has 4 aromatic rings. The van der Waals surface area contributed by atoms with Crippen LogP contribution in [0.1, 0.15) is 64.5 Å². The van der Waals surface area contributed by atoms with Crippen LogP contribution in [-0.2, 0) is 4.79 Å². The molecule has 2 saturated heterocycles. The van der Waals surface area contributed by atoms with Crippen molar-refractivity contribution in [3.63, 3.8) is 0 Å². The van der Waals surface area contributed by atoms with Gasteiger partial charge in [0.25, 0.3) is 5.88 Å². The highest BCUT2D eigenvalue weighted by molar-refractivity contribution is 7.19. The summed E-state index contributed by atoms with van der Waals surface area (Å²) in [7, 11) is 0. The van der Waals surface area contributed by atoms with Crippen LogP contribution in [-0.4, -0.2) is 84.4 Å². The maximum absolute atomic E-state index is 14.6. The van der Waals surface area contributed by atoms with Gasteiger partial charge in [0, 0.05) is 73.8 Å². The second kappa shape index (κ2) is 12.8. The highest BCUT2D eigenvalue weighted by atomic mass is 32.1. The highest BCUT2D eigenvalue weighted by Gasteiger charge is 2.53. The number of aromatic nitrogens is 7. The second-order valence-electron chi connectivity index (χ2n) is 14.4. The molecule has 1 spiro atoms. The van der Waals surface area contributed by atoms with Crippen molar-refractivity contribution in [3.8, 4) is 22.8 Å². The van der Waals surface area contributed by atoms with Crippen molar-refractivity contribution in [2.45, 2.75) is 70.9 Å². The number of halogens is 1. The number of rotatable bonds is 11. The molecule has 0 bridgehead atoms. The first-order valence-corrected chi connectivity index (χ1v) is 17.9. The summed E-state index contributed by atoms with van der Waals surface area (Å²) in [5, 5.41) is 24.1. The Labute approximate surface area is 288 Å². The second-order valence-corrected chi connectivity index (χ2v) is 15.4. The van der Waals surface area contributed by atoms with Crippen LogP contribution in [0.2, 0.25) is 0 Å². The monoisotopic (exact) mass is 685 g/mol. The maximum Gasteiger partial charge on any atom is 0.282 e. The third-order valence-corrected chi connectivity index (χ3v) is 11.1. The Hall–Kier alpha value is -4.37. The Bertz CT molecular complexity index is 1840. The smallest absolute Gasteiger partial charge is 0.282 e. The number of hydrogen-bond acceptors (Lipinski definition) is 13. The Morgan fingerprint density at radius 2 is 1.88 bits per heavy atom. The fourth-order valence-corrected chi connectivity index (χ4v) is 8.82. The molecule has 2 N–H and O–H groups in total. The first-order valence-electron chi connectivity index (χ1n) is 17.1. The average molecular weight is 686 g/mol. The van der Waals surface area contributed by atoms with E-state index in [4.69, 9.17) is 4.74 Å². The standard InChI is InChI=1S/C34H40FN11O2S/c1-19(2)29(22-10-24(11-22)41-33-44-43-32(49-33)40-20(3)47)46-15-34(16-46)8-9-45(14-34)30-31(42-39-18-38-30)48-27-7-6-23(35)12-25(27)26-13-36-17-37-28(26)21-4-5-21/h6-7,12-13,17-19,21-22,24,29H,4-5,8-11,14-16H2,1-3H3,(H,41,44)(H,40,43,47)/t22?,24?,29-/m1/s1. The molecule has 2 saturated carbocycles. The van der Waals surface area contributed by atoms with Gasteiger partial charge in [0.05, 0.1) is 5.69 Å². The molecule has 1 amide bonds. The van der Waals surface area contributed by atoms with Crippen molar-refractivity contribution in [1.82, 2.24) is 40.2 Å².